The minimum absolute atomic E-state index is 0.318. The molecule has 5 nitrogen and oxygen atoms in total. The van der Waals surface area contributed by atoms with Gasteiger partial charge in [-0.15, -0.1) is 22.7 Å². The van der Waals surface area contributed by atoms with Crippen LogP contribution in [-0.4, -0.2) is 21.5 Å². The zero-order chi connectivity index (χ0) is 13.9. The fraction of sp³-hybridized carbons (Fsp3) is 0.308. The van der Waals surface area contributed by atoms with Gasteiger partial charge in [0.15, 0.2) is 0 Å². The molecule has 0 bridgehead atoms. The van der Waals surface area contributed by atoms with Gasteiger partial charge < -0.3 is 11.1 Å². The highest BCUT2D eigenvalue weighted by atomic mass is 32.1. The maximum absolute atomic E-state index is 5.78. The first-order chi connectivity index (χ1) is 9.76. The number of aromatic nitrogens is 3. The summed E-state index contributed by atoms with van der Waals surface area (Å²) in [5.74, 6) is 1.14. The number of thiazole rings is 1. The summed E-state index contributed by atoms with van der Waals surface area (Å²) in [5, 5.41) is 6.46. The second-order valence-corrected chi connectivity index (χ2v) is 6.21. The van der Waals surface area contributed by atoms with E-state index in [0.29, 0.717) is 5.95 Å². The molecular formula is C13H15N5S2. The molecule has 3 N–H and O–H groups in total. The second kappa shape index (κ2) is 5.72. The summed E-state index contributed by atoms with van der Waals surface area (Å²) in [5.41, 5.74) is 8.72. The zero-order valence-electron chi connectivity index (χ0n) is 11.1. The van der Waals surface area contributed by atoms with Gasteiger partial charge in [0.05, 0.1) is 16.6 Å². The molecule has 3 aromatic heterocycles. The molecule has 0 unspecified atom stereocenters. The lowest BCUT2D eigenvalue weighted by Gasteiger charge is -2.06. The Kier molecular flexibility index (Phi) is 3.79. The van der Waals surface area contributed by atoms with E-state index in [9.17, 15) is 0 Å². The smallest absolute Gasteiger partial charge is 0.223 e. The zero-order valence-corrected chi connectivity index (χ0v) is 12.7. The quantitative estimate of drug-likeness (QED) is 0.758. The number of nitrogen functional groups attached to an aromatic ring is 1. The summed E-state index contributed by atoms with van der Waals surface area (Å²) in [6.07, 6.45) is 1.87. The van der Waals surface area contributed by atoms with Crippen molar-refractivity contribution < 1.29 is 0 Å². The minimum atomic E-state index is 0.318. The van der Waals surface area contributed by atoms with Gasteiger partial charge in [0, 0.05) is 23.2 Å². The number of hydrogen-bond donors (Lipinski definition) is 2. The molecule has 3 aromatic rings. The van der Waals surface area contributed by atoms with Crippen LogP contribution in [0.2, 0.25) is 0 Å². The topological polar surface area (TPSA) is 76.7 Å². The third kappa shape index (κ3) is 2.73. The van der Waals surface area contributed by atoms with Crippen molar-refractivity contribution in [3.05, 3.63) is 27.5 Å². The number of anilines is 2. The Morgan fingerprint density at radius 3 is 3.00 bits per heavy atom. The van der Waals surface area contributed by atoms with Crippen molar-refractivity contribution in [3.8, 4) is 0 Å². The number of nitrogens with zero attached hydrogens (tertiary/aromatic N) is 3. The average molecular weight is 305 g/mol. The summed E-state index contributed by atoms with van der Waals surface area (Å²) in [4.78, 5) is 15.1. The molecule has 0 aromatic carbocycles. The van der Waals surface area contributed by atoms with Crippen molar-refractivity contribution in [2.24, 2.45) is 0 Å². The molecule has 0 radical (unpaired) electrons. The Labute approximate surface area is 124 Å². The predicted molar refractivity (Wildman–Crippen MR) is 85.5 cm³/mol. The number of fused-ring (bicyclic) bond motifs is 1. The number of nitrogens with two attached hydrogens (primary N) is 1. The van der Waals surface area contributed by atoms with Crippen molar-refractivity contribution >= 4 is 44.7 Å². The van der Waals surface area contributed by atoms with Crippen molar-refractivity contribution in [2.75, 3.05) is 17.6 Å². The average Bonchev–Trinajstić information content (AvgIpc) is 3.06. The van der Waals surface area contributed by atoms with Gasteiger partial charge in [0.2, 0.25) is 5.95 Å². The van der Waals surface area contributed by atoms with Gasteiger partial charge in [0.1, 0.15) is 10.6 Å². The van der Waals surface area contributed by atoms with Crippen LogP contribution in [-0.2, 0) is 12.8 Å². The maximum atomic E-state index is 5.78. The van der Waals surface area contributed by atoms with Crippen LogP contribution in [0.15, 0.2) is 17.0 Å². The van der Waals surface area contributed by atoms with Crippen LogP contribution in [0.5, 0.6) is 0 Å². The minimum Gasteiger partial charge on any atom is -0.369 e. The molecule has 0 aliphatic carbocycles. The summed E-state index contributed by atoms with van der Waals surface area (Å²) in [6.45, 7) is 2.92. The van der Waals surface area contributed by atoms with E-state index in [-0.39, 0.29) is 0 Å². The van der Waals surface area contributed by atoms with Crippen LogP contribution >= 0.6 is 22.7 Å². The Morgan fingerprint density at radius 2 is 2.25 bits per heavy atom. The molecule has 0 spiro atoms. The van der Waals surface area contributed by atoms with E-state index in [1.165, 1.54) is 4.88 Å². The van der Waals surface area contributed by atoms with Gasteiger partial charge in [-0.2, -0.15) is 4.98 Å². The maximum Gasteiger partial charge on any atom is 0.223 e. The molecular weight excluding hydrogens is 290 g/mol. The summed E-state index contributed by atoms with van der Waals surface area (Å²) in [7, 11) is 0. The Hall–Kier alpha value is -1.73. The molecule has 3 heterocycles. The number of hydrogen-bond acceptors (Lipinski definition) is 7. The molecule has 3 rings (SSSR count). The molecule has 0 aliphatic rings. The monoisotopic (exact) mass is 305 g/mol. The van der Waals surface area contributed by atoms with E-state index < -0.39 is 0 Å². The molecule has 7 heteroatoms. The Morgan fingerprint density at radius 1 is 1.35 bits per heavy atom. The fourth-order valence-electron chi connectivity index (χ4n) is 1.97. The van der Waals surface area contributed by atoms with Gasteiger partial charge in [0.25, 0.3) is 0 Å². The van der Waals surface area contributed by atoms with E-state index in [1.54, 1.807) is 22.7 Å². The molecule has 0 atom stereocenters. The molecule has 0 fully saturated rings. The van der Waals surface area contributed by atoms with Gasteiger partial charge in [-0.05, 0) is 12.5 Å². The Bertz CT molecular complexity index is 705. The lowest BCUT2D eigenvalue weighted by Crippen LogP contribution is -2.08. The fourth-order valence-corrected chi connectivity index (χ4v) is 3.53. The molecule has 0 aliphatic heterocycles. The standard InChI is InChI=1S/C13H15N5S2/c1-2-9-5-10-11(17-13(14)18-12(10)20-9)15-4-3-8-6-19-7-16-8/h5-7H,2-4H2,1H3,(H3,14,15,17,18). The van der Waals surface area contributed by atoms with E-state index in [2.05, 4.69) is 38.6 Å². The first-order valence-corrected chi connectivity index (χ1v) is 8.19. The highest BCUT2D eigenvalue weighted by Crippen LogP contribution is 2.29. The van der Waals surface area contributed by atoms with Crippen molar-refractivity contribution in [1.82, 2.24) is 15.0 Å². The summed E-state index contributed by atoms with van der Waals surface area (Å²) >= 11 is 3.29. The van der Waals surface area contributed by atoms with Crippen LogP contribution < -0.4 is 11.1 Å². The molecule has 0 saturated carbocycles. The van der Waals surface area contributed by atoms with Gasteiger partial charge in [-0.1, -0.05) is 6.92 Å². The number of rotatable bonds is 5. The molecule has 20 heavy (non-hydrogen) atoms. The van der Waals surface area contributed by atoms with E-state index in [4.69, 9.17) is 5.73 Å². The summed E-state index contributed by atoms with van der Waals surface area (Å²) in [6, 6.07) is 2.14. The Balaban J connectivity index is 1.80. The molecule has 104 valence electrons. The van der Waals surface area contributed by atoms with E-state index >= 15 is 0 Å². The van der Waals surface area contributed by atoms with Crippen LogP contribution in [0.1, 0.15) is 17.5 Å². The van der Waals surface area contributed by atoms with Crippen molar-refractivity contribution in [2.45, 2.75) is 19.8 Å². The normalized spacial score (nSPS) is 11.1. The van der Waals surface area contributed by atoms with Crippen LogP contribution in [0, 0.1) is 0 Å². The van der Waals surface area contributed by atoms with Crippen molar-refractivity contribution in [3.63, 3.8) is 0 Å². The van der Waals surface area contributed by atoms with Crippen LogP contribution in [0.25, 0.3) is 10.2 Å². The number of aryl methyl sites for hydroxylation is 1. The SMILES string of the molecule is CCc1cc2c(NCCc3cscn3)nc(N)nc2s1. The second-order valence-electron chi connectivity index (χ2n) is 4.37. The van der Waals surface area contributed by atoms with Crippen LogP contribution in [0.3, 0.4) is 0 Å². The van der Waals surface area contributed by atoms with E-state index in [1.807, 2.05) is 5.51 Å². The number of nitrogens with one attached hydrogen (secondary N) is 1. The van der Waals surface area contributed by atoms with Crippen LogP contribution in [0.4, 0.5) is 11.8 Å². The predicted octanol–water partition coefficient (Wildman–Crippen LogP) is 2.95. The molecule has 0 amide bonds. The molecule has 0 saturated heterocycles. The summed E-state index contributed by atoms with van der Waals surface area (Å²) < 4.78 is 0. The van der Waals surface area contributed by atoms with E-state index in [0.717, 1.165) is 41.1 Å². The lowest BCUT2D eigenvalue weighted by molar-refractivity contribution is 0.970. The highest BCUT2D eigenvalue weighted by Gasteiger charge is 2.10. The first kappa shape index (κ1) is 13.3. The highest BCUT2D eigenvalue weighted by molar-refractivity contribution is 7.18. The van der Waals surface area contributed by atoms with Gasteiger partial charge in [-0.25, -0.2) is 9.97 Å². The first-order valence-electron chi connectivity index (χ1n) is 6.43. The third-order valence-corrected chi connectivity index (χ3v) is 4.78. The van der Waals surface area contributed by atoms with Gasteiger partial charge in [-0.3, -0.25) is 0 Å². The lowest BCUT2D eigenvalue weighted by atomic mass is 10.3. The number of thiophene rings is 1. The van der Waals surface area contributed by atoms with Crippen molar-refractivity contribution in [1.29, 1.82) is 0 Å². The van der Waals surface area contributed by atoms with Gasteiger partial charge >= 0.3 is 0 Å². The largest absolute Gasteiger partial charge is 0.369 e. The third-order valence-electron chi connectivity index (χ3n) is 2.97.